The summed E-state index contributed by atoms with van der Waals surface area (Å²) in [6.45, 7) is 0. The van der Waals surface area contributed by atoms with Crippen LogP contribution in [-0.2, 0) is 14.6 Å². The quantitative estimate of drug-likeness (QED) is 0.498. The average Bonchev–Trinajstić information content (AvgIpc) is 3.04. The molecule has 4 rings (SSSR count). The predicted octanol–water partition coefficient (Wildman–Crippen LogP) is 4.66. The van der Waals surface area contributed by atoms with Gasteiger partial charge in [-0.2, -0.15) is 0 Å². The van der Waals surface area contributed by atoms with E-state index in [0.29, 0.717) is 27.6 Å². The molecule has 1 amide bonds. The zero-order valence-corrected chi connectivity index (χ0v) is 16.9. The molecule has 0 radical (unpaired) electrons. The van der Waals surface area contributed by atoms with Gasteiger partial charge in [0.05, 0.1) is 17.7 Å². The number of halogens is 1. The molecule has 6 nitrogen and oxygen atoms in total. The molecule has 3 aromatic carbocycles. The smallest absolute Gasteiger partial charge is 0.240 e. The van der Waals surface area contributed by atoms with E-state index in [9.17, 15) is 13.2 Å². The number of carbonyl (C=O) groups excluding carboxylic acids is 1. The zero-order chi connectivity index (χ0) is 20.6. The number of ether oxygens (including phenoxy) is 1. The Kier molecular flexibility index (Phi) is 4.94. The molecule has 0 spiro atoms. The minimum Gasteiger partial charge on any atom is -0.495 e. The first-order valence-corrected chi connectivity index (χ1v) is 10.7. The highest BCUT2D eigenvalue weighted by molar-refractivity contribution is 7.92. The Hall–Kier alpha value is -3.03. The van der Waals surface area contributed by atoms with Crippen molar-refractivity contribution >= 4 is 55.0 Å². The van der Waals surface area contributed by atoms with E-state index in [2.05, 4.69) is 5.32 Å². The third-order valence-corrected chi connectivity index (χ3v) is 6.35. The van der Waals surface area contributed by atoms with E-state index < -0.39 is 21.5 Å². The predicted molar refractivity (Wildman–Crippen MR) is 112 cm³/mol. The van der Waals surface area contributed by atoms with Crippen LogP contribution >= 0.6 is 11.6 Å². The van der Waals surface area contributed by atoms with Crippen LogP contribution in [0.5, 0.6) is 5.75 Å². The van der Waals surface area contributed by atoms with Crippen molar-refractivity contribution in [2.45, 2.75) is 4.90 Å². The van der Waals surface area contributed by atoms with E-state index in [4.69, 9.17) is 20.8 Å². The lowest BCUT2D eigenvalue weighted by Crippen LogP contribution is -2.23. The zero-order valence-electron chi connectivity index (χ0n) is 15.3. The highest BCUT2D eigenvalue weighted by Gasteiger charge is 2.21. The summed E-state index contributed by atoms with van der Waals surface area (Å²) in [4.78, 5) is 12.5. The summed E-state index contributed by atoms with van der Waals surface area (Å²) < 4.78 is 36.1. The van der Waals surface area contributed by atoms with Crippen LogP contribution < -0.4 is 10.1 Å². The van der Waals surface area contributed by atoms with Crippen LogP contribution in [0.2, 0.25) is 5.02 Å². The van der Waals surface area contributed by atoms with Crippen LogP contribution in [0, 0.1) is 0 Å². The van der Waals surface area contributed by atoms with Crippen LogP contribution in [-0.4, -0.2) is 27.2 Å². The van der Waals surface area contributed by atoms with Crippen LogP contribution in [0.1, 0.15) is 0 Å². The maximum Gasteiger partial charge on any atom is 0.240 e. The molecule has 0 saturated carbocycles. The summed E-state index contributed by atoms with van der Waals surface area (Å²) in [6.07, 6.45) is 0. The average molecular weight is 430 g/mol. The summed E-state index contributed by atoms with van der Waals surface area (Å²) in [5.74, 6) is -0.995. The molecule has 0 atom stereocenters. The fourth-order valence-corrected chi connectivity index (χ4v) is 4.36. The molecule has 0 aliphatic carbocycles. The molecule has 0 aliphatic rings. The van der Waals surface area contributed by atoms with Gasteiger partial charge in [0, 0.05) is 21.9 Å². The number of anilines is 1. The first-order valence-electron chi connectivity index (χ1n) is 8.65. The lowest BCUT2D eigenvalue weighted by molar-refractivity contribution is -0.113. The van der Waals surface area contributed by atoms with E-state index in [1.807, 2.05) is 24.3 Å². The Morgan fingerprint density at radius 1 is 1.03 bits per heavy atom. The molecule has 0 fully saturated rings. The third-order valence-electron chi connectivity index (χ3n) is 4.47. The molecule has 1 heterocycles. The number of nitrogens with one attached hydrogen (secondary N) is 1. The Balaban J connectivity index is 1.63. The largest absolute Gasteiger partial charge is 0.495 e. The van der Waals surface area contributed by atoms with E-state index in [0.717, 1.165) is 10.8 Å². The van der Waals surface area contributed by atoms with Gasteiger partial charge in [-0.05, 0) is 36.4 Å². The molecule has 0 unspecified atom stereocenters. The minimum atomic E-state index is -3.81. The third kappa shape index (κ3) is 3.79. The fourth-order valence-electron chi connectivity index (χ4n) is 3.10. The maximum atomic E-state index is 12.5. The number of sulfone groups is 1. The summed E-state index contributed by atoms with van der Waals surface area (Å²) in [7, 11) is -2.34. The Morgan fingerprint density at radius 3 is 2.48 bits per heavy atom. The van der Waals surface area contributed by atoms with Gasteiger partial charge in [0.25, 0.3) is 0 Å². The van der Waals surface area contributed by atoms with Crippen molar-refractivity contribution < 1.29 is 22.4 Å². The first kappa shape index (κ1) is 19.3. The number of fused-ring (bicyclic) bond motifs is 3. The fraction of sp³-hybridized carbons (Fsp3) is 0.0952. The van der Waals surface area contributed by atoms with Crippen molar-refractivity contribution in [3.8, 4) is 5.75 Å². The van der Waals surface area contributed by atoms with E-state index in [1.54, 1.807) is 12.1 Å². The monoisotopic (exact) mass is 429 g/mol. The van der Waals surface area contributed by atoms with E-state index >= 15 is 0 Å². The van der Waals surface area contributed by atoms with Crippen molar-refractivity contribution in [1.82, 2.24) is 0 Å². The standard InChI is InChI=1S/C21H16ClNO5S/c1-27-20-10-16-15-4-2-3-5-18(15)28-19(16)11-17(20)23-21(24)12-29(25,26)14-8-6-13(22)7-9-14/h2-11H,12H2,1H3,(H,23,24). The van der Waals surface area contributed by atoms with Crippen molar-refractivity contribution in [2.75, 3.05) is 18.2 Å². The van der Waals surface area contributed by atoms with Crippen molar-refractivity contribution in [1.29, 1.82) is 0 Å². The molecular weight excluding hydrogens is 414 g/mol. The Morgan fingerprint density at radius 2 is 1.76 bits per heavy atom. The highest BCUT2D eigenvalue weighted by Crippen LogP contribution is 2.36. The summed E-state index contributed by atoms with van der Waals surface area (Å²) in [5, 5.41) is 4.78. The number of hydrogen-bond acceptors (Lipinski definition) is 5. The van der Waals surface area contributed by atoms with Crippen LogP contribution in [0.15, 0.2) is 70.0 Å². The van der Waals surface area contributed by atoms with E-state index in [-0.39, 0.29) is 4.90 Å². The molecule has 1 aromatic heterocycles. The molecule has 4 aromatic rings. The number of furan rings is 1. The van der Waals surface area contributed by atoms with Gasteiger partial charge in [-0.15, -0.1) is 0 Å². The molecule has 0 saturated heterocycles. The van der Waals surface area contributed by atoms with Gasteiger partial charge in [0.15, 0.2) is 9.84 Å². The Labute approximate surface area is 171 Å². The number of carbonyl (C=O) groups is 1. The molecule has 8 heteroatoms. The van der Waals surface area contributed by atoms with Crippen LogP contribution in [0.3, 0.4) is 0 Å². The highest BCUT2D eigenvalue weighted by atomic mass is 35.5. The summed E-state index contributed by atoms with van der Waals surface area (Å²) in [5.41, 5.74) is 1.59. The summed E-state index contributed by atoms with van der Waals surface area (Å²) in [6, 6.07) is 16.6. The molecule has 0 aliphatic heterocycles. The number of benzene rings is 3. The number of hydrogen-bond donors (Lipinski definition) is 1. The molecule has 0 bridgehead atoms. The van der Waals surface area contributed by atoms with Gasteiger partial charge in [0.1, 0.15) is 22.7 Å². The summed E-state index contributed by atoms with van der Waals surface area (Å²) >= 11 is 5.79. The maximum absolute atomic E-state index is 12.5. The van der Waals surface area contributed by atoms with Gasteiger partial charge in [0.2, 0.25) is 5.91 Å². The van der Waals surface area contributed by atoms with Gasteiger partial charge in [-0.25, -0.2) is 8.42 Å². The number of amides is 1. The van der Waals surface area contributed by atoms with Gasteiger partial charge < -0.3 is 14.5 Å². The van der Waals surface area contributed by atoms with Crippen LogP contribution in [0.25, 0.3) is 21.9 Å². The second-order valence-corrected chi connectivity index (χ2v) is 8.83. The minimum absolute atomic E-state index is 0.0248. The molecule has 1 N–H and O–H groups in total. The second kappa shape index (κ2) is 7.42. The lowest BCUT2D eigenvalue weighted by Gasteiger charge is -2.11. The topological polar surface area (TPSA) is 85.6 Å². The lowest BCUT2D eigenvalue weighted by atomic mass is 10.1. The molecule has 148 valence electrons. The van der Waals surface area contributed by atoms with Crippen molar-refractivity contribution in [3.63, 3.8) is 0 Å². The molecule has 29 heavy (non-hydrogen) atoms. The Bertz CT molecular complexity index is 1330. The van der Waals surface area contributed by atoms with Crippen molar-refractivity contribution in [3.05, 3.63) is 65.7 Å². The van der Waals surface area contributed by atoms with E-state index in [1.165, 1.54) is 31.4 Å². The number of rotatable bonds is 5. The first-order chi connectivity index (χ1) is 13.9. The number of methoxy groups -OCH3 is 1. The second-order valence-electron chi connectivity index (χ2n) is 6.41. The van der Waals surface area contributed by atoms with Gasteiger partial charge in [-0.3, -0.25) is 4.79 Å². The number of para-hydroxylation sites is 1. The SMILES string of the molecule is COc1cc2c(cc1NC(=O)CS(=O)(=O)c1ccc(Cl)cc1)oc1ccccc12. The van der Waals surface area contributed by atoms with Crippen molar-refractivity contribution in [2.24, 2.45) is 0 Å². The van der Waals surface area contributed by atoms with Gasteiger partial charge in [-0.1, -0.05) is 29.8 Å². The normalized spacial score (nSPS) is 11.7. The molecular formula is C21H16ClNO5S. The van der Waals surface area contributed by atoms with Gasteiger partial charge >= 0.3 is 0 Å². The van der Waals surface area contributed by atoms with Crippen LogP contribution in [0.4, 0.5) is 5.69 Å².